The molecular formula is C15H21BrCl2N2O. The molecule has 0 aliphatic rings. The Bertz CT molecular complexity index is 454. The van der Waals surface area contributed by atoms with Crippen LogP contribution >= 0.6 is 39.1 Å². The highest BCUT2D eigenvalue weighted by molar-refractivity contribution is 9.10. The Balaban J connectivity index is 2.57. The first-order valence-corrected chi connectivity index (χ1v) is 8.67. The van der Waals surface area contributed by atoms with Gasteiger partial charge < -0.3 is 11.1 Å². The summed E-state index contributed by atoms with van der Waals surface area (Å²) in [5.41, 5.74) is 6.07. The molecule has 118 valence electrons. The average molecular weight is 396 g/mol. The number of rotatable bonds is 8. The van der Waals surface area contributed by atoms with Gasteiger partial charge in [0, 0.05) is 10.9 Å². The lowest BCUT2D eigenvalue weighted by molar-refractivity contribution is -0.116. The Kier molecular flexibility index (Phi) is 8.64. The molecule has 0 saturated carbocycles. The second kappa shape index (κ2) is 9.67. The first kappa shape index (κ1) is 18.8. The summed E-state index contributed by atoms with van der Waals surface area (Å²) >= 11 is 15.5. The number of benzene rings is 1. The molecule has 3 nitrogen and oxygen atoms in total. The van der Waals surface area contributed by atoms with Gasteiger partial charge in [-0.05, 0) is 37.4 Å². The molecule has 0 aliphatic carbocycles. The highest BCUT2D eigenvalue weighted by Crippen LogP contribution is 2.34. The van der Waals surface area contributed by atoms with Crippen molar-refractivity contribution in [3.63, 3.8) is 0 Å². The van der Waals surface area contributed by atoms with E-state index in [1.165, 1.54) is 0 Å². The van der Waals surface area contributed by atoms with E-state index < -0.39 is 0 Å². The van der Waals surface area contributed by atoms with Crippen molar-refractivity contribution >= 4 is 50.7 Å². The van der Waals surface area contributed by atoms with Crippen molar-refractivity contribution < 1.29 is 4.79 Å². The van der Waals surface area contributed by atoms with Gasteiger partial charge in [-0.2, -0.15) is 0 Å². The fourth-order valence-corrected chi connectivity index (χ4v) is 3.58. The Morgan fingerprint density at radius 2 is 1.90 bits per heavy atom. The van der Waals surface area contributed by atoms with E-state index in [0.717, 1.165) is 30.2 Å². The van der Waals surface area contributed by atoms with Crippen LogP contribution in [0.25, 0.3) is 0 Å². The Labute approximate surface area is 144 Å². The van der Waals surface area contributed by atoms with Crippen LogP contribution in [0.2, 0.25) is 10.0 Å². The van der Waals surface area contributed by atoms with Gasteiger partial charge in [0.1, 0.15) is 0 Å². The van der Waals surface area contributed by atoms with Crippen LogP contribution in [0.15, 0.2) is 16.6 Å². The summed E-state index contributed by atoms with van der Waals surface area (Å²) in [7, 11) is 0. The average Bonchev–Trinajstić information content (AvgIpc) is 2.40. The van der Waals surface area contributed by atoms with E-state index in [4.69, 9.17) is 28.9 Å². The van der Waals surface area contributed by atoms with Crippen LogP contribution in [0.4, 0.5) is 5.69 Å². The molecule has 1 rings (SSSR count). The van der Waals surface area contributed by atoms with Crippen molar-refractivity contribution in [2.24, 2.45) is 11.7 Å². The quantitative estimate of drug-likeness (QED) is 0.632. The summed E-state index contributed by atoms with van der Waals surface area (Å²) < 4.78 is 0.779. The number of nitrogens with one attached hydrogen (secondary N) is 1. The monoisotopic (exact) mass is 394 g/mol. The minimum Gasteiger partial charge on any atom is -0.330 e. The van der Waals surface area contributed by atoms with E-state index in [0.29, 0.717) is 34.6 Å². The van der Waals surface area contributed by atoms with Gasteiger partial charge in [0.05, 0.1) is 15.7 Å². The van der Waals surface area contributed by atoms with Crippen molar-refractivity contribution in [1.29, 1.82) is 0 Å². The number of hydrogen-bond acceptors (Lipinski definition) is 2. The molecule has 0 bridgehead atoms. The third-order valence-electron chi connectivity index (χ3n) is 3.32. The van der Waals surface area contributed by atoms with Crippen molar-refractivity contribution in [3.05, 3.63) is 26.7 Å². The zero-order valence-electron chi connectivity index (χ0n) is 12.1. The summed E-state index contributed by atoms with van der Waals surface area (Å²) in [6.07, 6.45) is 4.46. The summed E-state index contributed by atoms with van der Waals surface area (Å²) in [6, 6.07) is 3.41. The lowest BCUT2D eigenvalue weighted by atomic mass is 9.94. The Hall–Kier alpha value is -0.290. The maximum absolute atomic E-state index is 12.0. The van der Waals surface area contributed by atoms with Gasteiger partial charge in [-0.3, -0.25) is 4.79 Å². The van der Waals surface area contributed by atoms with Crippen molar-refractivity contribution in [2.45, 2.75) is 39.0 Å². The summed E-state index contributed by atoms with van der Waals surface area (Å²) in [5, 5.41) is 3.64. The number of carbonyl (C=O) groups excluding carboxylic acids is 1. The topological polar surface area (TPSA) is 55.1 Å². The number of hydrogen-bond donors (Lipinski definition) is 2. The first-order chi connectivity index (χ1) is 9.97. The van der Waals surface area contributed by atoms with Crippen LogP contribution < -0.4 is 11.1 Å². The van der Waals surface area contributed by atoms with E-state index in [2.05, 4.69) is 28.2 Å². The van der Waals surface area contributed by atoms with Gasteiger partial charge in [0.25, 0.3) is 0 Å². The van der Waals surface area contributed by atoms with Crippen LogP contribution in [0, 0.1) is 5.92 Å². The molecule has 0 heterocycles. The Morgan fingerprint density at radius 3 is 2.43 bits per heavy atom. The standard InChI is InChI=1S/C15H21BrCl2N2O/c1-2-3-10(6-7-19)4-5-14(21)20-15-12(17)8-11(16)9-13(15)18/h8-10H,2-7,19H2,1H3,(H,20,21). The van der Waals surface area contributed by atoms with E-state index >= 15 is 0 Å². The minimum absolute atomic E-state index is 0.0701. The molecule has 0 saturated heterocycles. The third kappa shape index (κ3) is 6.55. The van der Waals surface area contributed by atoms with Crippen LogP contribution in [0.5, 0.6) is 0 Å². The molecule has 21 heavy (non-hydrogen) atoms. The molecule has 1 amide bonds. The zero-order chi connectivity index (χ0) is 15.8. The second-order valence-electron chi connectivity index (χ2n) is 5.06. The minimum atomic E-state index is -0.0701. The SMILES string of the molecule is CCCC(CCN)CCC(=O)Nc1c(Cl)cc(Br)cc1Cl. The van der Waals surface area contributed by atoms with Gasteiger partial charge >= 0.3 is 0 Å². The fourth-order valence-electron chi connectivity index (χ4n) is 2.28. The smallest absolute Gasteiger partial charge is 0.224 e. The highest BCUT2D eigenvalue weighted by Gasteiger charge is 2.13. The van der Waals surface area contributed by atoms with E-state index in [-0.39, 0.29) is 5.91 Å². The number of nitrogens with two attached hydrogens (primary N) is 1. The number of halogens is 3. The zero-order valence-corrected chi connectivity index (χ0v) is 15.2. The van der Waals surface area contributed by atoms with Crippen LogP contribution in [-0.4, -0.2) is 12.5 Å². The predicted octanol–water partition coefficient (Wildman–Crippen LogP) is 5.24. The maximum Gasteiger partial charge on any atom is 0.224 e. The predicted molar refractivity (Wildman–Crippen MR) is 94.1 cm³/mol. The summed E-state index contributed by atoms with van der Waals surface area (Å²) in [5.74, 6) is 0.431. The first-order valence-electron chi connectivity index (χ1n) is 7.12. The van der Waals surface area contributed by atoms with Crippen molar-refractivity contribution in [3.8, 4) is 0 Å². The molecule has 0 aromatic heterocycles. The molecule has 0 radical (unpaired) electrons. The highest BCUT2D eigenvalue weighted by atomic mass is 79.9. The fraction of sp³-hybridized carbons (Fsp3) is 0.533. The van der Waals surface area contributed by atoms with Gasteiger partial charge in [0.15, 0.2) is 0 Å². The third-order valence-corrected chi connectivity index (χ3v) is 4.38. The molecule has 0 spiro atoms. The molecule has 1 aromatic rings. The van der Waals surface area contributed by atoms with E-state index in [1.54, 1.807) is 12.1 Å². The molecule has 6 heteroatoms. The number of amides is 1. The lowest BCUT2D eigenvalue weighted by Crippen LogP contribution is -2.15. The number of carbonyl (C=O) groups is 1. The molecule has 1 unspecified atom stereocenters. The molecule has 1 atom stereocenters. The van der Waals surface area contributed by atoms with Crippen molar-refractivity contribution in [2.75, 3.05) is 11.9 Å². The summed E-state index contributed by atoms with van der Waals surface area (Å²) in [4.78, 5) is 12.0. The van der Waals surface area contributed by atoms with Crippen LogP contribution in [0.3, 0.4) is 0 Å². The Morgan fingerprint density at radius 1 is 1.29 bits per heavy atom. The molecular weight excluding hydrogens is 375 g/mol. The number of anilines is 1. The molecule has 3 N–H and O–H groups in total. The normalized spacial score (nSPS) is 12.2. The largest absolute Gasteiger partial charge is 0.330 e. The summed E-state index contributed by atoms with van der Waals surface area (Å²) in [6.45, 7) is 2.81. The van der Waals surface area contributed by atoms with Crippen LogP contribution in [-0.2, 0) is 4.79 Å². The second-order valence-corrected chi connectivity index (χ2v) is 6.79. The van der Waals surface area contributed by atoms with E-state index in [9.17, 15) is 4.79 Å². The maximum atomic E-state index is 12.0. The molecule has 0 aliphatic heterocycles. The van der Waals surface area contributed by atoms with E-state index in [1.807, 2.05) is 0 Å². The molecule has 0 fully saturated rings. The lowest BCUT2D eigenvalue weighted by Gasteiger charge is -2.15. The van der Waals surface area contributed by atoms with Crippen molar-refractivity contribution in [1.82, 2.24) is 0 Å². The molecule has 1 aromatic carbocycles. The van der Waals surface area contributed by atoms with Gasteiger partial charge in [-0.1, -0.05) is 58.9 Å². The van der Waals surface area contributed by atoms with Gasteiger partial charge in [0.2, 0.25) is 5.91 Å². The van der Waals surface area contributed by atoms with Crippen LogP contribution in [0.1, 0.15) is 39.0 Å². The van der Waals surface area contributed by atoms with Gasteiger partial charge in [-0.15, -0.1) is 0 Å². The van der Waals surface area contributed by atoms with Gasteiger partial charge in [-0.25, -0.2) is 0 Å².